The smallest absolute Gasteiger partial charge is 0.322 e. The van der Waals surface area contributed by atoms with Crippen LogP contribution in [0, 0.1) is 5.92 Å². The molecule has 6 nitrogen and oxygen atoms in total. The summed E-state index contributed by atoms with van der Waals surface area (Å²) in [6.45, 7) is 3.07. The van der Waals surface area contributed by atoms with E-state index in [1.165, 1.54) is 11.1 Å². The molecule has 0 radical (unpaired) electrons. The van der Waals surface area contributed by atoms with Crippen LogP contribution < -0.4 is 15.0 Å². The largest absolute Gasteiger partial charge is 0.487 e. The van der Waals surface area contributed by atoms with Crippen LogP contribution in [0.3, 0.4) is 0 Å². The van der Waals surface area contributed by atoms with Crippen molar-refractivity contribution in [2.75, 3.05) is 18.0 Å². The zero-order valence-corrected chi connectivity index (χ0v) is 21.9. The minimum absolute atomic E-state index is 0.101. The quantitative estimate of drug-likeness (QED) is 0.372. The summed E-state index contributed by atoms with van der Waals surface area (Å²) >= 11 is 0. The van der Waals surface area contributed by atoms with E-state index >= 15 is 0 Å². The number of rotatable bonds is 7. The molecule has 3 aromatic rings. The fourth-order valence-corrected chi connectivity index (χ4v) is 5.76. The molecule has 1 fully saturated rings. The molecule has 0 spiro atoms. The number of benzene rings is 3. The molecule has 0 aromatic heterocycles. The molecular weight excluding hydrogens is 476 g/mol. The second-order valence-electron chi connectivity index (χ2n) is 10.6. The van der Waals surface area contributed by atoms with Crippen molar-refractivity contribution in [2.45, 2.75) is 57.5 Å². The second kappa shape index (κ2) is 11.7. The van der Waals surface area contributed by atoms with Crippen molar-refractivity contribution in [3.63, 3.8) is 0 Å². The van der Waals surface area contributed by atoms with E-state index in [1.54, 1.807) is 4.90 Å². The van der Waals surface area contributed by atoms with Crippen LogP contribution in [-0.4, -0.2) is 36.3 Å². The van der Waals surface area contributed by atoms with Gasteiger partial charge in [-0.05, 0) is 85.3 Å². The van der Waals surface area contributed by atoms with E-state index < -0.39 is 5.97 Å². The van der Waals surface area contributed by atoms with Gasteiger partial charge in [0.2, 0.25) is 0 Å². The lowest BCUT2D eigenvalue weighted by atomic mass is 9.77. The molecule has 6 heteroatoms. The Balaban J connectivity index is 1.23. The van der Waals surface area contributed by atoms with Gasteiger partial charge in [-0.25, -0.2) is 4.79 Å². The number of hydrogen-bond donors (Lipinski definition) is 2. The number of nitrogens with zero attached hydrogens (tertiary/aromatic N) is 1. The maximum absolute atomic E-state index is 13.0. The zero-order valence-electron chi connectivity index (χ0n) is 21.9. The number of carbonyl (C=O) groups is 2. The molecule has 38 heavy (non-hydrogen) atoms. The van der Waals surface area contributed by atoms with Crippen molar-refractivity contribution >= 4 is 17.7 Å². The lowest BCUT2D eigenvalue weighted by Gasteiger charge is -2.33. The first-order valence-electron chi connectivity index (χ1n) is 13.7. The number of carbonyl (C=O) groups excluding carboxylic acids is 1. The van der Waals surface area contributed by atoms with Crippen LogP contribution in [-0.2, 0) is 11.2 Å². The van der Waals surface area contributed by atoms with Gasteiger partial charge < -0.3 is 15.2 Å². The Hall–Kier alpha value is -3.80. The van der Waals surface area contributed by atoms with Gasteiger partial charge in [-0.1, -0.05) is 60.7 Å². The van der Waals surface area contributed by atoms with E-state index in [9.17, 15) is 9.59 Å². The van der Waals surface area contributed by atoms with Crippen molar-refractivity contribution in [1.82, 2.24) is 5.32 Å². The van der Waals surface area contributed by atoms with Gasteiger partial charge in [0.25, 0.3) is 0 Å². The molecule has 2 amide bonds. The van der Waals surface area contributed by atoms with E-state index in [4.69, 9.17) is 9.84 Å². The number of fused-ring (bicyclic) bond motifs is 1. The highest BCUT2D eigenvalue weighted by atomic mass is 16.5. The van der Waals surface area contributed by atoms with E-state index in [1.807, 2.05) is 37.3 Å². The monoisotopic (exact) mass is 512 g/mol. The third-order valence-electron chi connectivity index (χ3n) is 7.82. The van der Waals surface area contributed by atoms with Crippen LogP contribution >= 0.6 is 0 Å². The van der Waals surface area contributed by atoms with Crippen LogP contribution in [0.1, 0.15) is 56.1 Å². The van der Waals surface area contributed by atoms with E-state index in [2.05, 4.69) is 47.8 Å². The first-order valence-corrected chi connectivity index (χ1v) is 13.7. The number of amides is 2. The summed E-state index contributed by atoms with van der Waals surface area (Å²) in [4.78, 5) is 25.8. The third-order valence-corrected chi connectivity index (χ3v) is 7.82. The number of urea groups is 1. The Morgan fingerprint density at radius 2 is 1.66 bits per heavy atom. The highest BCUT2D eigenvalue weighted by Gasteiger charge is 2.28. The molecule has 2 aliphatic rings. The summed E-state index contributed by atoms with van der Waals surface area (Å²) in [6.07, 6.45) is 5.03. The van der Waals surface area contributed by atoms with Gasteiger partial charge in [-0.3, -0.25) is 9.69 Å². The normalized spacial score (nSPS) is 20.8. The molecule has 1 aliphatic heterocycles. The van der Waals surface area contributed by atoms with Crippen LogP contribution in [0.15, 0.2) is 72.8 Å². The van der Waals surface area contributed by atoms with Crippen molar-refractivity contribution in [3.05, 3.63) is 83.9 Å². The molecule has 1 aliphatic carbocycles. The lowest BCUT2D eigenvalue weighted by molar-refractivity contribution is -0.138. The molecule has 3 aromatic carbocycles. The van der Waals surface area contributed by atoms with E-state index in [0.717, 1.165) is 54.7 Å². The topological polar surface area (TPSA) is 78.9 Å². The maximum atomic E-state index is 13.0. The van der Waals surface area contributed by atoms with Crippen LogP contribution in [0.4, 0.5) is 10.5 Å². The summed E-state index contributed by atoms with van der Waals surface area (Å²) in [6, 6.07) is 24.8. The summed E-state index contributed by atoms with van der Waals surface area (Å²) in [5, 5.41) is 12.1. The molecule has 1 atom stereocenters. The molecule has 1 unspecified atom stereocenters. The minimum Gasteiger partial charge on any atom is -0.487 e. The molecule has 1 saturated carbocycles. The van der Waals surface area contributed by atoms with Crippen molar-refractivity contribution < 1.29 is 19.4 Å². The highest BCUT2D eigenvalue weighted by Crippen LogP contribution is 2.39. The number of ether oxygens (including phenoxy) is 1. The average molecular weight is 513 g/mol. The van der Waals surface area contributed by atoms with Crippen molar-refractivity contribution in [3.8, 4) is 16.9 Å². The van der Waals surface area contributed by atoms with Gasteiger partial charge >= 0.3 is 12.0 Å². The molecule has 0 bridgehead atoms. The number of anilines is 1. The predicted octanol–water partition coefficient (Wildman–Crippen LogP) is 6.64. The molecule has 5 rings (SSSR count). The van der Waals surface area contributed by atoms with Gasteiger partial charge in [-0.2, -0.15) is 0 Å². The predicted molar refractivity (Wildman–Crippen MR) is 150 cm³/mol. The maximum Gasteiger partial charge on any atom is 0.322 e. The van der Waals surface area contributed by atoms with Crippen LogP contribution in [0.5, 0.6) is 5.75 Å². The number of nitrogens with one attached hydrogen (secondary N) is 1. The van der Waals surface area contributed by atoms with Gasteiger partial charge in [0.1, 0.15) is 11.9 Å². The number of carboxylic acid groups (broad SMARTS) is 1. The summed E-state index contributed by atoms with van der Waals surface area (Å²) in [5.41, 5.74) is 5.48. The van der Waals surface area contributed by atoms with Gasteiger partial charge in [0.05, 0.1) is 12.2 Å². The molecule has 198 valence electrons. The third kappa shape index (κ3) is 6.18. The Labute approximate surface area is 224 Å². The number of aliphatic carboxylic acids is 1. The molecule has 0 saturated heterocycles. The van der Waals surface area contributed by atoms with Gasteiger partial charge in [-0.15, -0.1) is 0 Å². The fourth-order valence-electron chi connectivity index (χ4n) is 5.76. The summed E-state index contributed by atoms with van der Waals surface area (Å²) in [5.74, 6) is 0.843. The van der Waals surface area contributed by atoms with E-state index in [0.29, 0.717) is 24.9 Å². The van der Waals surface area contributed by atoms with Crippen LogP contribution in [0.25, 0.3) is 11.1 Å². The number of hydrogen-bond acceptors (Lipinski definition) is 3. The number of carboxylic acids is 1. The van der Waals surface area contributed by atoms with Gasteiger partial charge in [0.15, 0.2) is 0 Å². The first kappa shape index (κ1) is 25.8. The average Bonchev–Trinajstić information content (AvgIpc) is 2.93. The second-order valence-corrected chi connectivity index (χ2v) is 10.6. The zero-order chi connectivity index (χ0) is 26.5. The van der Waals surface area contributed by atoms with Crippen LogP contribution in [0.2, 0.25) is 0 Å². The Bertz CT molecular complexity index is 1250. The molecule has 2 N–H and O–H groups in total. The first-order chi connectivity index (χ1) is 18.5. The summed E-state index contributed by atoms with van der Waals surface area (Å²) in [7, 11) is 0. The van der Waals surface area contributed by atoms with Gasteiger partial charge in [0, 0.05) is 13.0 Å². The van der Waals surface area contributed by atoms with Crippen molar-refractivity contribution in [1.29, 1.82) is 0 Å². The Kier molecular flexibility index (Phi) is 7.97. The Morgan fingerprint density at radius 1 is 0.947 bits per heavy atom. The SMILES string of the molecule is CC1CN(C(=O)NCCc2ccccc2)c2ccc(-c3ccc([C@H]4CC[C@H](CC(=O)O)CC4)cc3)cc2O1. The minimum atomic E-state index is -0.687. The highest BCUT2D eigenvalue weighted by molar-refractivity contribution is 5.94. The summed E-state index contributed by atoms with van der Waals surface area (Å²) < 4.78 is 6.14. The molecular formula is C32H36N2O4. The van der Waals surface area contributed by atoms with Crippen molar-refractivity contribution in [2.24, 2.45) is 5.92 Å². The van der Waals surface area contributed by atoms with E-state index in [-0.39, 0.29) is 18.6 Å². The standard InChI is InChI=1S/C32H36N2O4/c1-22-21-34(32(37)33-18-17-23-5-3-2-4-6-23)29-16-15-28(20-30(29)38-22)27-13-11-26(12-14-27)25-9-7-24(8-10-25)19-31(35)36/h2-6,11-16,20,22,24-25H,7-10,17-19,21H2,1H3,(H,33,37)(H,35,36)/t22?,24-,25-. The molecule has 1 heterocycles. The lowest BCUT2D eigenvalue weighted by Crippen LogP contribution is -2.47. The Morgan fingerprint density at radius 3 is 2.37 bits per heavy atom. The fraction of sp³-hybridized carbons (Fsp3) is 0.375.